The second-order valence-corrected chi connectivity index (χ2v) is 3.31. The molecule has 14 heavy (non-hydrogen) atoms. The Balaban J connectivity index is 2.79. The molecule has 0 fully saturated rings. The highest BCUT2D eigenvalue weighted by molar-refractivity contribution is 5.80. The lowest BCUT2D eigenvalue weighted by Crippen LogP contribution is -1.80. The van der Waals surface area contributed by atoms with E-state index in [2.05, 4.69) is 48.5 Å². The zero-order valence-corrected chi connectivity index (χ0v) is 8.22. The van der Waals surface area contributed by atoms with Crippen LogP contribution in [0.5, 0.6) is 0 Å². The summed E-state index contributed by atoms with van der Waals surface area (Å²) in [6, 6.07) is 16.7. The molecule has 1 aromatic heterocycles. The summed E-state index contributed by atoms with van der Waals surface area (Å²) in [4.78, 5) is 0. The van der Waals surface area contributed by atoms with E-state index in [9.17, 15) is 0 Å². The van der Waals surface area contributed by atoms with E-state index in [1.165, 1.54) is 10.8 Å². The highest BCUT2D eigenvalue weighted by atomic mass is 14.9. The standard InChI is InChI=1S/C13H13N/c1-14-10-4-8-12-6-2-3-7-13(12)9-5-11-14/h2-11H,1H3. The number of rotatable bonds is 0. The van der Waals surface area contributed by atoms with Crippen molar-refractivity contribution in [2.24, 2.45) is 7.05 Å². The zero-order valence-electron chi connectivity index (χ0n) is 8.22. The second kappa shape index (κ2) is 3.97. The summed E-state index contributed by atoms with van der Waals surface area (Å²) < 4.78 is 2.03. The summed E-state index contributed by atoms with van der Waals surface area (Å²) >= 11 is 0. The predicted molar refractivity (Wildman–Crippen MR) is 60.5 cm³/mol. The fraction of sp³-hybridized carbons (Fsp3) is 0.0769. The average molecular weight is 183 g/mol. The number of aryl methyl sites for hydroxylation is 1. The molecule has 70 valence electrons. The summed E-state index contributed by atoms with van der Waals surface area (Å²) in [7, 11) is 2.02. The first-order chi connectivity index (χ1) is 6.86. The molecule has 0 N–H and O–H groups in total. The summed E-state index contributed by atoms with van der Waals surface area (Å²) in [6.07, 6.45) is 4.07. The largest absolute Gasteiger partial charge is 0.357 e. The molecule has 0 aliphatic rings. The normalized spacial score (nSPS) is 9.79. The van der Waals surface area contributed by atoms with Gasteiger partial charge in [0.2, 0.25) is 0 Å². The first kappa shape index (κ1) is 8.82. The van der Waals surface area contributed by atoms with Crippen LogP contribution in [-0.4, -0.2) is 4.57 Å². The van der Waals surface area contributed by atoms with Crippen LogP contribution < -0.4 is 0 Å². The van der Waals surface area contributed by atoms with Crippen LogP contribution in [0.3, 0.4) is 0 Å². The lowest BCUT2D eigenvalue weighted by molar-refractivity contribution is 0.911. The van der Waals surface area contributed by atoms with Gasteiger partial charge in [0, 0.05) is 19.4 Å². The molecule has 1 heterocycles. The maximum absolute atomic E-state index is 2.12. The fourth-order valence-corrected chi connectivity index (χ4v) is 1.43. The topological polar surface area (TPSA) is 4.93 Å². The molecule has 0 aliphatic heterocycles. The molecule has 0 aliphatic carbocycles. The van der Waals surface area contributed by atoms with E-state index < -0.39 is 0 Å². The van der Waals surface area contributed by atoms with Gasteiger partial charge >= 0.3 is 0 Å². The quantitative estimate of drug-likeness (QED) is 0.590. The molecule has 0 saturated carbocycles. The molecule has 1 nitrogen and oxygen atoms in total. The smallest absolute Gasteiger partial charge is 0.0106 e. The van der Waals surface area contributed by atoms with Crippen LogP contribution in [-0.2, 0) is 7.05 Å². The molecule has 1 heteroatoms. The third kappa shape index (κ3) is 1.94. The van der Waals surface area contributed by atoms with Crippen molar-refractivity contribution < 1.29 is 0 Å². The Morgan fingerprint density at radius 1 is 0.714 bits per heavy atom. The van der Waals surface area contributed by atoms with Crippen molar-refractivity contribution in [1.82, 2.24) is 4.57 Å². The molecule has 0 atom stereocenters. The van der Waals surface area contributed by atoms with Crippen LogP contribution in [0, 0.1) is 0 Å². The van der Waals surface area contributed by atoms with Gasteiger partial charge in [0.25, 0.3) is 0 Å². The number of hydrogen-bond acceptors (Lipinski definition) is 0. The van der Waals surface area contributed by atoms with Crippen molar-refractivity contribution in [3.8, 4) is 0 Å². The van der Waals surface area contributed by atoms with Gasteiger partial charge in [-0.3, -0.25) is 0 Å². The van der Waals surface area contributed by atoms with Gasteiger partial charge in [0.05, 0.1) is 0 Å². The van der Waals surface area contributed by atoms with Crippen LogP contribution in [0.25, 0.3) is 10.8 Å². The van der Waals surface area contributed by atoms with Crippen LogP contribution in [0.1, 0.15) is 0 Å². The predicted octanol–water partition coefficient (Wildman–Crippen LogP) is 3.30. The summed E-state index contributed by atoms with van der Waals surface area (Å²) in [5, 5.41) is 2.51. The van der Waals surface area contributed by atoms with E-state index >= 15 is 0 Å². The number of nitrogens with zero attached hydrogens (tertiary/aromatic N) is 1. The summed E-state index contributed by atoms with van der Waals surface area (Å²) in [5.41, 5.74) is 0. The number of aromatic nitrogens is 1. The SMILES string of the molecule is Cn1cccc2ccccc2ccc1. The molecule has 0 amide bonds. The first-order valence-electron chi connectivity index (χ1n) is 4.70. The van der Waals surface area contributed by atoms with E-state index in [0.29, 0.717) is 0 Å². The van der Waals surface area contributed by atoms with Gasteiger partial charge in [-0.05, 0) is 22.9 Å². The van der Waals surface area contributed by atoms with Crippen molar-refractivity contribution in [2.75, 3.05) is 0 Å². The van der Waals surface area contributed by atoms with Crippen molar-refractivity contribution in [1.29, 1.82) is 0 Å². The van der Waals surface area contributed by atoms with Crippen molar-refractivity contribution in [3.63, 3.8) is 0 Å². The van der Waals surface area contributed by atoms with E-state index in [0.717, 1.165) is 0 Å². The number of hydrogen-bond donors (Lipinski definition) is 0. The molecule has 0 saturated heterocycles. The van der Waals surface area contributed by atoms with Gasteiger partial charge in [-0.25, -0.2) is 0 Å². The van der Waals surface area contributed by atoms with Gasteiger partial charge in [-0.1, -0.05) is 36.4 Å². The van der Waals surface area contributed by atoms with E-state index in [1.54, 1.807) is 0 Å². The van der Waals surface area contributed by atoms with Crippen molar-refractivity contribution >= 4 is 10.8 Å². The molecular formula is C13H13N. The Hall–Kier alpha value is -1.76. The minimum Gasteiger partial charge on any atom is -0.357 e. The van der Waals surface area contributed by atoms with Gasteiger partial charge in [0.15, 0.2) is 0 Å². The maximum atomic E-state index is 2.12. The monoisotopic (exact) mass is 183 g/mol. The van der Waals surface area contributed by atoms with E-state index in [4.69, 9.17) is 0 Å². The van der Waals surface area contributed by atoms with Gasteiger partial charge in [-0.2, -0.15) is 0 Å². The van der Waals surface area contributed by atoms with E-state index in [1.807, 2.05) is 24.0 Å². The Bertz CT molecular complexity index is 438. The maximum Gasteiger partial charge on any atom is 0.0106 e. The molecule has 0 spiro atoms. The lowest BCUT2D eigenvalue weighted by Gasteiger charge is -1.88. The lowest BCUT2D eigenvalue weighted by atomic mass is 10.2. The van der Waals surface area contributed by atoms with Crippen LogP contribution >= 0.6 is 0 Å². The minimum atomic E-state index is 1.25. The molecule has 0 unspecified atom stereocenters. The third-order valence-corrected chi connectivity index (χ3v) is 2.19. The second-order valence-electron chi connectivity index (χ2n) is 3.31. The van der Waals surface area contributed by atoms with Gasteiger partial charge in [-0.15, -0.1) is 0 Å². The van der Waals surface area contributed by atoms with Crippen molar-refractivity contribution in [3.05, 3.63) is 60.9 Å². The third-order valence-electron chi connectivity index (χ3n) is 2.19. The van der Waals surface area contributed by atoms with Gasteiger partial charge < -0.3 is 4.57 Å². The number of fused-ring (bicyclic) bond motifs is 1. The fourth-order valence-electron chi connectivity index (χ4n) is 1.43. The Kier molecular flexibility index (Phi) is 2.50. The molecule has 0 bridgehead atoms. The Morgan fingerprint density at radius 2 is 1.14 bits per heavy atom. The minimum absolute atomic E-state index is 1.25. The summed E-state index contributed by atoms with van der Waals surface area (Å²) in [6.45, 7) is 0. The number of benzene rings is 1. The Morgan fingerprint density at radius 3 is 1.64 bits per heavy atom. The molecule has 2 rings (SSSR count). The van der Waals surface area contributed by atoms with Crippen LogP contribution in [0.2, 0.25) is 0 Å². The Labute approximate surface area is 83.9 Å². The molecule has 1 aromatic carbocycles. The van der Waals surface area contributed by atoms with Crippen LogP contribution in [0.4, 0.5) is 0 Å². The van der Waals surface area contributed by atoms with Gasteiger partial charge in [0.1, 0.15) is 0 Å². The first-order valence-corrected chi connectivity index (χ1v) is 4.70. The van der Waals surface area contributed by atoms with Crippen LogP contribution in [0.15, 0.2) is 60.9 Å². The molecule has 2 aromatic rings. The molecular weight excluding hydrogens is 170 g/mol. The highest BCUT2D eigenvalue weighted by Gasteiger charge is 1.84. The van der Waals surface area contributed by atoms with Crippen molar-refractivity contribution in [2.45, 2.75) is 0 Å². The van der Waals surface area contributed by atoms with E-state index in [-0.39, 0.29) is 0 Å². The average Bonchev–Trinajstić information content (AvgIpc) is 2.28. The zero-order chi connectivity index (χ0) is 9.80. The highest BCUT2D eigenvalue weighted by Crippen LogP contribution is 2.09. The molecule has 0 radical (unpaired) electrons. The summed E-state index contributed by atoms with van der Waals surface area (Å²) in [5.74, 6) is 0.